The molecule has 2 aliphatic rings. The van der Waals surface area contributed by atoms with E-state index in [4.69, 9.17) is 0 Å². The molecule has 1 heteroatoms. The molecule has 0 heterocycles. The highest BCUT2D eigenvalue weighted by Crippen LogP contribution is 2.56. The highest BCUT2D eigenvalue weighted by molar-refractivity contribution is 6.10. The SMILES string of the molecule is O=CC1=CC2(CC2)c2ccccc21. The third kappa shape index (κ3) is 0.791. The first kappa shape index (κ1) is 7.07. The van der Waals surface area contributed by atoms with Crippen LogP contribution < -0.4 is 0 Å². The predicted octanol–water partition coefficient (Wildman–Crippen LogP) is 2.31. The maximum Gasteiger partial charge on any atom is 0.150 e. The first-order chi connectivity index (χ1) is 6.36. The summed E-state index contributed by atoms with van der Waals surface area (Å²) in [5.41, 5.74) is 3.65. The van der Waals surface area contributed by atoms with E-state index in [1.165, 1.54) is 18.4 Å². The number of hydrogen-bond donors (Lipinski definition) is 0. The number of benzene rings is 1. The van der Waals surface area contributed by atoms with Crippen LogP contribution in [0.2, 0.25) is 0 Å². The molecule has 2 aliphatic carbocycles. The Balaban J connectivity index is 2.27. The van der Waals surface area contributed by atoms with Crippen molar-refractivity contribution >= 4 is 11.9 Å². The summed E-state index contributed by atoms with van der Waals surface area (Å²) in [6.45, 7) is 0. The number of carbonyl (C=O) groups excluding carboxylic acids is 1. The van der Waals surface area contributed by atoms with E-state index in [0.29, 0.717) is 0 Å². The molecule has 1 nitrogen and oxygen atoms in total. The molecule has 1 spiro atoms. The maximum atomic E-state index is 10.8. The van der Waals surface area contributed by atoms with Crippen molar-refractivity contribution in [1.82, 2.24) is 0 Å². The van der Waals surface area contributed by atoms with Crippen molar-refractivity contribution in [3.8, 4) is 0 Å². The van der Waals surface area contributed by atoms with E-state index < -0.39 is 0 Å². The highest BCUT2D eigenvalue weighted by atomic mass is 16.1. The van der Waals surface area contributed by atoms with Crippen LogP contribution in [0.25, 0.3) is 5.57 Å². The summed E-state index contributed by atoms with van der Waals surface area (Å²) < 4.78 is 0. The second-order valence-corrected chi connectivity index (χ2v) is 3.92. The van der Waals surface area contributed by atoms with Gasteiger partial charge < -0.3 is 0 Å². The van der Waals surface area contributed by atoms with E-state index in [1.54, 1.807) is 0 Å². The fourth-order valence-electron chi connectivity index (χ4n) is 2.27. The van der Waals surface area contributed by atoms with Crippen molar-refractivity contribution in [2.75, 3.05) is 0 Å². The third-order valence-electron chi connectivity index (χ3n) is 3.12. The fraction of sp³-hybridized carbons (Fsp3) is 0.250. The van der Waals surface area contributed by atoms with Crippen LogP contribution in [0.4, 0.5) is 0 Å². The lowest BCUT2D eigenvalue weighted by molar-refractivity contribution is -0.103. The van der Waals surface area contributed by atoms with Crippen molar-refractivity contribution in [2.45, 2.75) is 18.3 Å². The van der Waals surface area contributed by atoms with Crippen LogP contribution in [0.15, 0.2) is 30.3 Å². The largest absolute Gasteiger partial charge is 0.298 e. The zero-order valence-corrected chi connectivity index (χ0v) is 7.29. The lowest BCUT2D eigenvalue weighted by Crippen LogP contribution is -1.97. The van der Waals surface area contributed by atoms with E-state index in [1.807, 2.05) is 12.1 Å². The van der Waals surface area contributed by atoms with E-state index in [-0.39, 0.29) is 5.41 Å². The molecule has 1 aromatic rings. The van der Waals surface area contributed by atoms with Gasteiger partial charge in [-0.3, -0.25) is 4.79 Å². The third-order valence-corrected chi connectivity index (χ3v) is 3.12. The minimum Gasteiger partial charge on any atom is -0.298 e. The van der Waals surface area contributed by atoms with Gasteiger partial charge in [-0.2, -0.15) is 0 Å². The lowest BCUT2D eigenvalue weighted by atomic mass is 9.98. The van der Waals surface area contributed by atoms with Crippen LogP contribution in [0.5, 0.6) is 0 Å². The average Bonchev–Trinajstić information content (AvgIpc) is 2.87. The summed E-state index contributed by atoms with van der Waals surface area (Å²) in [7, 11) is 0. The standard InChI is InChI=1S/C12H10O/c13-8-9-7-12(5-6-12)11-4-2-1-3-10(9)11/h1-4,7-8H,5-6H2. The van der Waals surface area contributed by atoms with Gasteiger partial charge in [0.1, 0.15) is 6.29 Å². The Kier molecular flexibility index (Phi) is 1.15. The quantitative estimate of drug-likeness (QED) is 0.591. The average molecular weight is 170 g/mol. The zero-order chi connectivity index (χ0) is 8.89. The van der Waals surface area contributed by atoms with Crippen molar-refractivity contribution < 1.29 is 4.79 Å². The molecule has 64 valence electrons. The van der Waals surface area contributed by atoms with Crippen LogP contribution in [0, 0.1) is 0 Å². The number of carbonyl (C=O) groups is 1. The van der Waals surface area contributed by atoms with Gasteiger partial charge in [-0.1, -0.05) is 30.3 Å². The fourth-order valence-corrected chi connectivity index (χ4v) is 2.27. The summed E-state index contributed by atoms with van der Waals surface area (Å²) in [6, 6.07) is 8.25. The molecule has 1 saturated carbocycles. The van der Waals surface area contributed by atoms with Crippen LogP contribution >= 0.6 is 0 Å². The molecule has 1 fully saturated rings. The van der Waals surface area contributed by atoms with Crippen LogP contribution in [0.1, 0.15) is 24.0 Å². The van der Waals surface area contributed by atoms with Gasteiger partial charge in [0.15, 0.2) is 0 Å². The molecule has 0 radical (unpaired) electrons. The monoisotopic (exact) mass is 170 g/mol. The van der Waals surface area contributed by atoms with Gasteiger partial charge in [-0.25, -0.2) is 0 Å². The molecule has 0 N–H and O–H groups in total. The van der Waals surface area contributed by atoms with E-state index in [2.05, 4.69) is 18.2 Å². The zero-order valence-electron chi connectivity index (χ0n) is 7.29. The number of hydrogen-bond acceptors (Lipinski definition) is 1. The smallest absolute Gasteiger partial charge is 0.150 e. The minimum atomic E-state index is 0.257. The van der Waals surface area contributed by atoms with Crippen LogP contribution in [-0.4, -0.2) is 6.29 Å². The first-order valence-corrected chi connectivity index (χ1v) is 4.64. The maximum absolute atomic E-state index is 10.8. The molecular formula is C12H10O. The number of allylic oxidation sites excluding steroid dienone is 2. The second-order valence-electron chi connectivity index (χ2n) is 3.92. The predicted molar refractivity (Wildman–Crippen MR) is 51.4 cm³/mol. The first-order valence-electron chi connectivity index (χ1n) is 4.64. The second kappa shape index (κ2) is 2.11. The Morgan fingerprint density at radius 2 is 2.00 bits per heavy atom. The molecule has 0 saturated heterocycles. The van der Waals surface area contributed by atoms with E-state index in [9.17, 15) is 4.79 Å². The van der Waals surface area contributed by atoms with Crippen LogP contribution in [0.3, 0.4) is 0 Å². The molecule has 0 amide bonds. The van der Waals surface area contributed by atoms with Crippen LogP contribution in [-0.2, 0) is 10.2 Å². The Morgan fingerprint density at radius 1 is 1.23 bits per heavy atom. The molecule has 1 aromatic carbocycles. The summed E-state index contributed by atoms with van der Waals surface area (Å²) in [6.07, 6.45) is 5.54. The van der Waals surface area contributed by atoms with E-state index in [0.717, 1.165) is 17.4 Å². The summed E-state index contributed by atoms with van der Waals surface area (Å²) in [4.78, 5) is 10.8. The molecule has 0 aliphatic heterocycles. The topological polar surface area (TPSA) is 17.1 Å². The lowest BCUT2D eigenvalue weighted by Gasteiger charge is -2.05. The molecule has 0 bridgehead atoms. The van der Waals surface area contributed by atoms with Gasteiger partial charge in [-0.05, 0) is 24.0 Å². The molecule has 0 atom stereocenters. The normalized spacial score (nSPS) is 21.1. The molecule has 0 unspecified atom stereocenters. The Hall–Kier alpha value is -1.37. The Bertz CT molecular complexity index is 411. The molecule has 13 heavy (non-hydrogen) atoms. The number of aldehydes is 1. The summed E-state index contributed by atoms with van der Waals surface area (Å²) in [5, 5.41) is 0. The summed E-state index contributed by atoms with van der Waals surface area (Å²) >= 11 is 0. The number of fused-ring (bicyclic) bond motifs is 2. The van der Waals surface area contributed by atoms with Gasteiger partial charge in [0.2, 0.25) is 0 Å². The molecular weight excluding hydrogens is 160 g/mol. The van der Waals surface area contributed by atoms with Crippen molar-refractivity contribution in [3.63, 3.8) is 0 Å². The van der Waals surface area contributed by atoms with Crippen molar-refractivity contribution in [3.05, 3.63) is 41.5 Å². The Labute approximate surface area is 77.1 Å². The van der Waals surface area contributed by atoms with Crippen molar-refractivity contribution in [1.29, 1.82) is 0 Å². The highest BCUT2D eigenvalue weighted by Gasteiger charge is 2.47. The Morgan fingerprint density at radius 3 is 2.69 bits per heavy atom. The van der Waals surface area contributed by atoms with Gasteiger partial charge in [0.25, 0.3) is 0 Å². The summed E-state index contributed by atoms with van der Waals surface area (Å²) in [5.74, 6) is 0. The van der Waals surface area contributed by atoms with Crippen molar-refractivity contribution in [2.24, 2.45) is 0 Å². The number of rotatable bonds is 1. The molecule has 0 aromatic heterocycles. The molecule has 3 rings (SSSR count). The van der Waals surface area contributed by atoms with E-state index >= 15 is 0 Å². The van der Waals surface area contributed by atoms with Gasteiger partial charge in [0, 0.05) is 11.0 Å². The van der Waals surface area contributed by atoms with Gasteiger partial charge in [-0.15, -0.1) is 0 Å². The van der Waals surface area contributed by atoms with Gasteiger partial charge >= 0.3 is 0 Å². The van der Waals surface area contributed by atoms with Gasteiger partial charge in [0.05, 0.1) is 0 Å². The minimum absolute atomic E-state index is 0.257.